The number of carboxylic acids is 1. The highest BCUT2D eigenvalue weighted by atomic mass is 16.4. The van der Waals surface area contributed by atoms with E-state index in [1.54, 1.807) is 0 Å². The Balaban J connectivity index is 2.51. The molecule has 74 valence electrons. The molecule has 0 bridgehead atoms. The number of likely N-dealkylation sites (tertiary alicyclic amines) is 1. The molecular weight excluding hydrogens is 172 g/mol. The van der Waals surface area contributed by atoms with Crippen LogP contribution in [0.1, 0.15) is 12.8 Å². The first kappa shape index (κ1) is 9.98. The largest absolute Gasteiger partial charge is 0.474 e. The van der Waals surface area contributed by atoms with Crippen molar-refractivity contribution in [1.29, 1.82) is 0 Å². The maximum absolute atomic E-state index is 11.1. The molecule has 1 amide bonds. The van der Waals surface area contributed by atoms with Crippen molar-refractivity contribution in [2.45, 2.75) is 18.9 Å². The van der Waals surface area contributed by atoms with E-state index >= 15 is 0 Å². The lowest BCUT2D eigenvalue weighted by atomic mass is 10.1. The van der Waals surface area contributed by atoms with Gasteiger partial charge >= 0.3 is 11.9 Å². The quantitative estimate of drug-likeness (QED) is 0.530. The van der Waals surface area contributed by atoms with Gasteiger partial charge in [0.15, 0.2) is 0 Å². The molecule has 5 heteroatoms. The molecule has 0 aromatic carbocycles. The van der Waals surface area contributed by atoms with Crippen LogP contribution in [0.2, 0.25) is 0 Å². The van der Waals surface area contributed by atoms with Gasteiger partial charge in [-0.15, -0.1) is 0 Å². The molecule has 1 aliphatic heterocycles. The first-order valence-corrected chi connectivity index (χ1v) is 4.34. The maximum Gasteiger partial charge on any atom is 0.394 e. The second-order valence-corrected chi connectivity index (χ2v) is 3.18. The summed E-state index contributed by atoms with van der Waals surface area (Å²) < 4.78 is 0. The second kappa shape index (κ2) is 4.23. The second-order valence-electron chi connectivity index (χ2n) is 3.18. The van der Waals surface area contributed by atoms with E-state index in [-0.39, 0.29) is 6.04 Å². The average molecular weight is 186 g/mol. The Bertz CT molecular complexity index is 217. The first-order chi connectivity index (χ1) is 6.15. The number of hydrogen-bond acceptors (Lipinski definition) is 3. The molecule has 0 aliphatic carbocycles. The Kier molecular flexibility index (Phi) is 3.25. The SMILES string of the molecule is CNC1CCCN(C(=O)C(=O)O)C1. The number of carboxylic acid groups (broad SMARTS) is 1. The third-order valence-electron chi connectivity index (χ3n) is 2.30. The molecule has 0 saturated carbocycles. The van der Waals surface area contributed by atoms with Gasteiger partial charge in [-0.3, -0.25) is 4.79 Å². The number of nitrogens with zero attached hydrogens (tertiary/aromatic N) is 1. The third-order valence-corrected chi connectivity index (χ3v) is 2.30. The molecule has 0 spiro atoms. The van der Waals surface area contributed by atoms with Gasteiger partial charge in [0.05, 0.1) is 0 Å². The maximum atomic E-state index is 11.1. The van der Waals surface area contributed by atoms with Crippen molar-refractivity contribution in [1.82, 2.24) is 10.2 Å². The summed E-state index contributed by atoms with van der Waals surface area (Å²) in [5.41, 5.74) is 0. The number of carbonyl (C=O) groups excluding carboxylic acids is 1. The Morgan fingerprint density at radius 3 is 2.77 bits per heavy atom. The predicted octanol–water partition coefficient (Wildman–Crippen LogP) is -0.719. The van der Waals surface area contributed by atoms with Gasteiger partial charge < -0.3 is 15.3 Å². The molecular formula is C8H14N2O3. The van der Waals surface area contributed by atoms with Crippen molar-refractivity contribution in [3.63, 3.8) is 0 Å². The number of piperidine rings is 1. The van der Waals surface area contributed by atoms with E-state index in [0.29, 0.717) is 13.1 Å². The summed E-state index contributed by atoms with van der Waals surface area (Å²) in [6, 6.07) is 0.233. The molecule has 1 aliphatic rings. The molecule has 1 atom stereocenters. The fraction of sp³-hybridized carbons (Fsp3) is 0.750. The van der Waals surface area contributed by atoms with Crippen molar-refractivity contribution in [2.75, 3.05) is 20.1 Å². The average Bonchev–Trinajstić information content (AvgIpc) is 2.16. The van der Waals surface area contributed by atoms with Crippen molar-refractivity contribution in [2.24, 2.45) is 0 Å². The summed E-state index contributed by atoms with van der Waals surface area (Å²) in [6.45, 7) is 1.06. The van der Waals surface area contributed by atoms with E-state index in [2.05, 4.69) is 5.32 Å². The lowest BCUT2D eigenvalue weighted by molar-refractivity contribution is -0.156. The number of likely N-dealkylation sites (N-methyl/N-ethyl adjacent to an activating group) is 1. The molecule has 13 heavy (non-hydrogen) atoms. The zero-order valence-corrected chi connectivity index (χ0v) is 7.62. The minimum Gasteiger partial charge on any atom is -0.474 e. The zero-order valence-electron chi connectivity index (χ0n) is 7.62. The summed E-state index contributed by atoms with van der Waals surface area (Å²) in [5, 5.41) is 11.5. The fourth-order valence-corrected chi connectivity index (χ4v) is 1.53. The summed E-state index contributed by atoms with van der Waals surface area (Å²) in [4.78, 5) is 22.8. The van der Waals surface area contributed by atoms with Gasteiger partial charge in [0.2, 0.25) is 0 Å². The van der Waals surface area contributed by atoms with Crippen LogP contribution in [0, 0.1) is 0 Å². The molecule has 1 saturated heterocycles. The number of rotatable bonds is 1. The van der Waals surface area contributed by atoms with Gasteiger partial charge in [-0.2, -0.15) is 0 Å². The molecule has 0 aromatic rings. The Morgan fingerprint density at radius 1 is 1.54 bits per heavy atom. The molecule has 5 nitrogen and oxygen atoms in total. The van der Waals surface area contributed by atoms with Crippen LogP contribution in [0.5, 0.6) is 0 Å². The Labute approximate surface area is 76.7 Å². The van der Waals surface area contributed by atoms with Gasteiger partial charge in [0.25, 0.3) is 0 Å². The van der Waals surface area contributed by atoms with Gasteiger partial charge in [-0.05, 0) is 19.9 Å². The molecule has 0 aromatic heterocycles. The molecule has 1 fully saturated rings. The standard InChI is InChI=1S/C8H14N2O3/c1-9-6-3-2-4-10(5-6)7(11)8(12)13/h6,9H,2-5H2,1H3,(H,12,13). The van der Waals surface area contributed by atoms with Crippen LogP contribution in [0.25, 0.3) is 0 Å². The molecule has 1 heterocycles. The third kappa shape index (κ3) is 2.42. The molecule has 1 unspecified atom stereocenters. The van der Waals surface area contributed by atoms with E-state index in [1.165, 1.54) is 4.90 Å². The summed E-state index contributed by atoms with van der Waals surface area (Å²) in [5.74, 6) is -2.16. The number of aliphatic carboxylic acids is 1. The van der Waals surface area contributed by atoms with Crippen molar-refractivity contribution in [3.8, 4) is 0 Å². The highest BCUT2D eigenvalue weighted by Gasteiger charge is 2.26. The van der Waals surface area contributed by atoms with E-state index < -0.39 is 11.9 Å². The van der Waals surface area contributed by atoms with Crippen LogP contribution in [-0.2, 0) is 9.59 Å². The van der Waals surface area contributed by atoms with Crippen molar-refractivity contribution >= 4 is 11.9 Å². The number of nitrogens with one attached hydrogen (secondary N) is 1. The summed E-state index contributed by atoms with van der Waals surface area (Å²) in [7, 11) is 1.82. The lowest BCUT2D eigenvalue weighted by Gasteiger charge is -2.31. The highest BCUT2D eigenvalue weighted by Crippen LogP contribution is 2.09. The highest BCUT2D eigenvalue weighted by molar-refractivity contribution is 6.31. The van der Waals surface area contributed by atoms with E-state index in [1.807, 2.05) is 7.05 Å². The minimum atomic E-state index is -1.36. The molecule has 1 rings (SSSR count). The van der Waals surface area contributed by atoms with Gasteiger partial charge in [0.1, 0.15) is 0 Å². The molecule has 2 N–H and O–H groups in total. The Morgan fingerprint density at radius 2 is 2.23 bits per heavy atom. The monoisotopic (exact) mass is 186 g/mol. The minimum absolute atomic E-state index is 0.233. The summed E-state index contributed by atoms with van der Waals surface area (Å²) >= 11 is 0. The lowest BCUT2D eigenvalue weighted by Crippen LogP contribution is -2.49. The van der Waals surface area contributed by atoms with Crippen molar-refractivity contribution < 1.29 is 14.7 Å². The normalized spacial score (nSPS) is 22.8. The van der Waals surface area contributed by atoms with Crippen LogP contribution < -0.4 is 5.32 Å². The number of hydrogen-bond donors (Lipinski definition) is 2. The number of carbonyl (C=O) groups is 2. The van der Waals surface area contributed by atoms with Crippen LogP contribution in [0.4, 0.5) is 0 Å². The van der Waals surface area contributed by atoms with Crippen LogP contribution in [0.3, 0.4) is 0 Å². The van der Waals surface area contributed by atoms with Crippen LogP contribution >= 0.6 is 0 Å². The predicted molar refractivity (Wildman–Crippen MR) is 46.3 cm³/mol. The van der Waals surface area contributed by atoms with E-state index in [4.69, 9.17) is 5.11 Å². The zero-order chi connectivity index (χ0) is 9.84. The first-order valence-electron chi connectivity index (χ1n) is 4.34. The van der Waals surface area contributed by atoms with Gasteiger partial charge in [-0.25, -0.2) is 4.79 Å². The van der Waals surface area contributed by atoms with Gasteiger partial charge in [0, 0.05) is 19.1 Å². The summed E-state index contributed by atoms with van der Waals surface area (Å²) in [6.07, 6.45) is 1.87. The van der Waals surface area contributed by atoms with Gasteiger partial charge in [-0.1, -0.05) is 0 Å². The fourth-order valence-electron chi connectivity index (χ4n) is 1.53. The Hall–Kier alpha value is -1.10. The topological polar surface area (TPSA) is 69.6 Å². The smallest absolute Gasteiger partial charge is 0.394 e. The number of amides is 1. The molecule has 0 radical (unpaired) electrons. The van der Waals surface area contributed by atoms with Crippen molar-refractivity contribution in [3.05, 3.63) is 0 Å². The van der Waals surface area contributed by atoms with E-state index in [0.717, 1.165) is 12.8 Å². The van der Waals surface area contributed by atoms with Crippen LogP contribution in [-0.4, -0.2) is 48.1 Å². The van der Waals surface area contributed by atoms with E-state index in [9.17, 15) is 9.59 Å². The van der Waals surface area contributed by atoms with Crippen LogP contribution in [0.15, 0.2) is 0 Å².